The molecule has 0 spiro atoms. The molecule has 9 nitrogen and oxygen atoms in total. The lowest BCUT2D eigenvalue weighted by Crippen LogP contribution is -2.44. The Balaban J connectivity index is 1.18. The first kappa shape index (κ1) is 26.9. The molecule has 3 heterocycles. The number of rotatable bonds is 6. The lowest BCUT2D eigenvalue weighted by molar-refractivity contribution is 0.0126. The quantitative estimate of drug-likeness (QED) is 0.603. The van der Waals surface area contributed by atoms with Gasteiger partial charge in [-0.2, -0.15) is 5.26 Å². The molecule has 198 valence electrons. The second-order valence-corrected chi connectivity index (χ2v) is 11.6. The first-order chi connectivity index (χ1) is 17.7. The van der Waals surface area contributed by atoms with Gasteiger partial charge in [0.25, 0.3) is 11.1 Å². The Bertz CT molecular complexity index is 1110. The van der Waals surface area contributed by atoms with Crippen LogP contribution < -0.4 is 10.1 Å². The number of carbonyl (C=O) groups is 2. The number of aromatic nitrogens is 1. The molecule has 0 bridgehead atoms. The fourth-order valence-electron chi connectivity index (χ4n) is 4.48. The van der Waals surface area contributed by atoms with Gasteiger partial charge in [0.1, 0.15) is 16.6 Å². The van der Waals surface area contributed by atoms with Crippen LogP contribution in [0, 0.1) is 11.3 Å². The minimum absolute atomic E-state index is 0.0406. The van der Waals surface area contributed by atoms with E-state index in [1.165, 1.54) is 16.9 Å². The third-order valence-electron chi connectivity index (χ3n) is 6.48. The molecule has 0 atom stereocenters. The second kappa shape index (κ2) is 11.9. The fourth-order valence-corrected chi connectivity index (χ4v) is 5.21. The molecule has 2 aliphatic heterocycles. The number of hydrogen-bond acceptors (Lipinski definition) is 8. The standard InChI is InChI=1S/C27H35N5O4S/c1-27(2,3)36-26(34)32-14-10-22(11-15-32)35-25-29-17-23(37-25)24(33)30-21-8-12-31(13-9-21)18-20-6-4-19(16-28)5-7-20/h4-7,17,21-22H,8-15,18H2,1-3H3,(H,30,33). The van der Waals surface area contributed by atoms with E-state index >= 15 is 0 Å². The Kier molecular flexibility index (Phi) is 8.67. The zero-order chi connectivity index (χ0) is 26.4. The summed E-state index contributed by atoms with van der Waals surface area (Å²) in [6.07, 6.45) is 4.41. The van der Waals surface area contributed by atoms with Gasteiger partial charge in [-0.1, -0.05) is 23.5 Å². The van der Waals surface area contributed by atoms with Gasteiger partial charge in [0, 0.05) is 51.6 Å². The van der Waals surface area contributed by atoms with Gasteiger partial charge in [-0.15, -0.1) is 0 Å². The molecular formula is C27H35N5O4S. The van der Waals surface area contributed by atoms with E-state index in [0.717, 1.165) is 32.5 Å². The van der Waals surface area contributed by atoms with Crippen LogP contribution in [-0.2, 0) is 11.3 Å². The van der Waals surface area contributed by atoms with Gasteiger partial charge in [-0.25, -0.2) is 9.78 Å². The smallest absolute Gasteiger partial charge is 0.410 e. The highest BCUT2D eigenvalue weighted by Gasteiger charge is 2.28. The summed E-state index contributed by atoms with van der Waals surface area (Å²) in [7, 11) is 0. The van der Waals surface area contributed by atoms with Crippen LogP contribution in [0.15, 0.2) is 30.5 Å². The van der Waals surface area contributed by atoms with Crippen molar-refractivity contribution in [3.05, 3.63) is 46.5 Å². The van der Waals surface area contributed by atoms with Gasteiger partial charge < -0.3 is 19.7 Å². The largest absolute Gasteiger partial charge is 0.467 e. The molecule has 1 N–H and O–H groups in total. The van der Waals surface area contributed by atoms with Gasteiger partial charge in [0.2, 0.25) is 0 Å². The molecule has 37 heavy (non-hydrogen) atoms. The molecule has 4 rings (SSSR count). The van der Waals surface area contributed by atoms with E-state index in [2.05, 4.69) is 21.3 Å². The molecule has 0 radical (unpaired) electrons. The predicted octanol–water partition coefficient (Wildman–Crippen LogP) is 4.19. The van der Waals surface area contributed by atoms with E-state index in [1.807, 2.05) is 45.0 Å². The van der Waals surface area contributed by atoms with E-state index < -0.39 is 5.60 Å². The van der Waals surface area contributed by atoms with Crippen LogP contribution >= 0.6 is 11.3 Å². The molecule has 0 unspecified atom stereocenters. The van der Waals surface area contributed by atoms with E-state index in [9.17, 15) is 9.59 Å². The molecule has 2 fully saturated rings. The zero-order valence-corrected chi connectivity index (χ0v) is 22.6. The number of nitrogens with one attached hydrogen (secondary N) is 1. The average molecular weight is 526 g/mol. The average Bonchev–Trinajstić information content (AvgIpc) is 3.34. The molecule has 2 saturated heterocycles. The summed E-state index contributed by atoms with van der Waals surface area (Å²) < 4.78 is 11.5. The number of hydrogen-bond donors (Lipinski definition) is 1. The minimum Gasteiger partial charge on any atom is -0.467 e. The number of piperidine rings is 2. The van der Waals surface area contributed by atoms with E-state index in [4.69, 9.17) is 14.7 Å². The number of benzene rings is 1. The zero-order valence-electron chi connectivity index (χ0n) is 21.7. The molecule has 2 amide bonds. The van der Waals surface area contributed by atoms with E-state index in [1.54, 1.807) is 11.1 Å². The lowest BCUT2D eigenvalue weighted by Gasteiger charge is -2.33. The van der Waals surface area contributed by atoms with Crippen LogP contribution in [0.1, 0.15) is 67.3 Å². The van der Waals surface area contributed by atoms with Crippen molar-refractivity contribution >= 4 is 23.3 Å². The highest BCUT2D eigenvalue weighted by atomic mass is 32.1. The van der Waals surface area contributed by atoms with Crippen molar-refractivity contribution in [3.63, 3.8) is 0 Å². The van der Waals surface area contributed by atoms with Crippen LogP contribution in [0.5, 0.6) is 5.19 Å². The predicted molar refractivity (Wildman–Crippen MR) is 140 cm³/mol. The molecule has 1 aromatic carbocycles. The SMILES string of the molecule is CC(C)(C)OC(=O)N1CCC(Oc2ncc(C(=O)NC3CCN(Cc4ccc(C#N)cc4)CC3)s2)CC1. The molecule has 0 aliphatic carbocycles. The summed E-state index contributed by atoms with van der Waals surface area (Å²) in [6, 6.07) is 9.98. The van der Waals surface area contributed by atoms with Crippen molar-refractivity contribution in [2.24, 2.45) is 0 Å². The Hall–Kier alpha value is -3.16. The maximum Gasteiger partial charge on any atom is 0.410 e. The monoisotopic (exact) mass is 525 g/mol. The van der Waals surface area contributed by atoms with Crippen molar-refractivity contribution in [3.8, 4) is 11.3 Å². The number of likely N-dealkylation sites (tertiary alicyclic amines) is 2. The highest BCUT2D eigenvalue weighted by Crippen LogP contribution is 2.26. The van der Waals surface area contributed by atoms with Crippen LogP contribution in [-0.4, -0.2) is 70.7 Å². The maximum atomic E-state index is 12.8. The second-order valence-electron chi connectivity index (χ2n) is 10.6. The summed E-state index contributed by atoms with van der Waals surface area (Å²) >= 11 is 1.26. The van der Waals surface area contributed by atoms with Gasteiger partial charge in [-0.05, 0) is 51.3 Å². The topological polar surface area (TPSA) is 108 Å². The van der Waals surface area contributed by atoms with Crippen molar-refractivity contribution in [2.75, 3.05) is 26.2 Å². The number of nitrogens with zero attached hydrogens (tertiary/aromatic N) is 4. The first-order valence-electron chi connectivity index (χ1n) is 12.8. The van der Waals surface area contributed by atoms with Crippen molar-refractivity contribution in [2.45, 2.75) is 70.7 Å². The maximum absolute atomic E-state index is 12.8. The number of nitriles is 1. The number of amides is 2. The van der Waals surface area contributed by atoms with Gasteiger partial charge in [0.15, 0.2) is 0 Å². The minimum atomic E-state index is -0.508. The Morgan fingerprint density at radius 3 is 2.41 bits per heavy atom. The molecular weight excluding hydrogens is 490 g/mol. The Labute approximate surface area is 222 Å². The third-order valence-corrected chi connectivity index (χ3v) is 7.37. The van der Waals surface area contributed by atoms with Crippen molar-refractivity contribution in [1.29, 1.82) is 5.26 Å². The fraction of sp³-hybridized carbons (Fsp3) is 0.556. The molecule has 2 aliphatic rings. The number of thiazole rings is 1. The third kappa shape index (κ3) is 7.91. The van der Waals surface area contributed by atoms with Crippen LogP contribution in [0.2, 0.25) is 0 Å². The van der Waals surface area contributed by atoms with Crippen LogP contribution in [0.3, 0.4) is 0 Å². The molecule has 2 aromatic rings. The highest BCUT2D eigenvalue weighted by molar-refractivity contribution is 7.15. The van der Waals surface area contributed by atoms with Crippen LogP contribution in [0.4, 0.5) is 4.79 Å². The van der Waals surface area contributed by atoms with Gasteiger partial charge in [0.05, 0.1) is 17.8 Å². The lowest BCUT2D eigenvalue weighted by atomic mass is 10.0. The summed E-state index contributed by atoms with van der Waals surface area (Å²) in [5.74, 6) is -0.113. The summed E-state index contributed by atoms with van der Waals surface area (Å²) in [5.41, 5.74) is 1.35. The summed E-state index contributed by atoms with van der Waals surface area (Å²) in [6.45, 7) is 9.38. The van der Waals surface area contributed by atoms with Gasteiger partial charge in [-0.3, -0.25) is 9.69 Å². The number of ether oxygens (including phenoxy) is 2. The summed E-state index contributed by atoms with van der Waals surface area (Å²) in [5, 5.41) is 12.6. The first-order valence-corrected chi connectivity index (χ1v) is 13.6. The normalized spacial score (nSPS) is 17.7. The Morgan fingerprint density at radius 2 is 1.78 bits per heavy atom. The van der Waals surface area contributed by atoms with Crippen molar-refractivity contribution < 1.29 is 19.1 Å². The van der Waals surface area contributed by atoms with Crippen molar-refractivity contribution in [1.82, 2.24) is 20.1 Å². The molecule has 0 saturated carbocycles. The number of carbonyl (C=O) groups excluding carboxylic acids is 2. The summed E-state index contributed by atoms with van der Waals surface area (Å²) in [4.78, 5) is 34.0. The van der Waals surface area contributed by atoms with Gasteiger partial charge >= 0.3 is 6.09 Å². The molecule has 10 heteroatoms. The van der Waals surface area contributed by atoms with Crippen LogP contribution in [0.25, 0.3) is 0 Å². The van der Waals surface area contributed by atoms with E-state index in [-0.39, 0.29) is 24.1 Å². The van der Waals surface area contributed by atoms with E-state index in [0.29, 0.717) is 41.6 Å². The molecule has 1 aromatic heterocycles. The Morgan fingerprint density at radius 1 is 1.11 bits per heavy atom.